The Morgan fingerprint density at radius 2 is 1.69 bits per heavy atom. The Balaban J connectivity index is 1.39. The third-order valence-corrected chi connectivity index (χ3v) is 5.80. The van der Waals surface area contributed by atoms with E-state index in [4.69, 9.17) is 14.7 Å². The molecule has 0 radical (unpaired) electrons. The molecule has 4 rings (SSSR count). The van der Waals surface area contributed by atoms with E-state index in [0.717, 1.165) is 75.6 Å². The molecule has 2 fully saturated rings. The quantitative estimate of drug-likeness (QED) is 0.761. The van der Waals surface area contributed by atoms with Crippen molar-refractivity contribution in [2.75, 3.05) is 61.1 Å². The lowest BCUT2D eigenvalue weighted by Crippen LogP contribution is -2.44. The zero-order valence-corrected chi connectivity index (χ0v) is 17.7. The van der Waals surface area contributed by atoms with Crippen LogP contribution in [0, 0.1) is 0 Å². The zero-order valence-electron chi connectivity index (χ0n) is 17.7. The minimum Gasteiger partial charge on any atom is -0.378 e. The molecule has 156 valence electrons. The van der Waals surface area contributed by atoms with Gasteiger partial charge in [-0.2, -0.15) is 4.98 Å². The molecule has 8 nitrogen and oxygen atoms in total. The molecular weight excluding hydrogens is 366 g/mol. The summed E-state index contributed by atoms with van der Waals surface area (Å²) < 4.78 is 5.44. The highest BCUT2D eigenvalue weighted by molar-refractivity contribution is 5.45. The number of nitrogens with zero attached hydrogens (tertiary/aromatic N) is 7. The largest absolute Gasteiger partial charge is 0.378 e. The van der Waals surface area contributed by atoms with Crippen LogP contribution < -0.4 is 14.7 Å². The summed E-state index contributed by atoms with van der Waals surface area (Å²) in [7, 11) is 2.15. The number of aromatic nitrogens is 4. The van der Waals surface area contributed by atoms with Gasteiger partial charge in [0.1, 0.15) is 17.5 Å². The molecule has 2 saturated heterocycles. The van der Waals surface area contributed by atoms with Crippen molar-refractivity contribution < 1.29 is 4.74 Å². The highest BCUT2D eigenvalue weighted by atomic mass is 16.5. The van der Waals surface area contributed by atoms with E-state index in [1.54, 1.807) is 0 Å². The van der Waals surface area contributed by atoms with Crippen LogP contribution in [0.1, 0.15) is 38.4 Å². The van der Waals surface area contributed by atoms with Crippen molar-refractivity contribution in [3.8, 4) is 0 Å². The molecule has 2 aromatic rings. The van der Waals surface area contributed by atoms with Gasteiger partial charge >= 0.3 is 0 Å². The van der Waals surface area contributed by atoms with Crippen molar-refractivity contribution in [2.24, 2.45) is 0 Å². The van der Waals surface area contributed by atoms with Crippen LogP contribution in [0.4, 0.5) is 17.6 Å². The average molecular weight is 398 g/mol. The Labute approximate surface area is 172 Å². The molecule has 0 aliphatic carbocycles. The van der Waals surface area contributed by atoms with Crippen LogP contribution in [0.15, 0.2) is 24.5 Å². The normalized spacial score (nSPS) is 18.3. The molecule has 8 heteroatoms. The fourth-order valence-corrected chi connectivity index (χ4v) is 3.94. The lowest BCUT2D eigenvalue weighted by Gasteiger charge is -2.38. The molecule has 0 amide bonds. The van der Waals surface area contributed by atoms with Crippen LogP contribution in [0.25, 0.3) is 0 Å². The summed E-state index contributed by atoms with van der Waals surface area (Å²) in [5, 5.41) is 0. The molecule has 0 bridgehead atoms. The SMILES string of the molecule is CC(C)c1nccc(N2CCC(N(C)c3ccnc(N4CCOCC4)n3)CC2)n1. The average Bonchev–Trinajstić information content (AvgIpc) is 2.79. The second-order valence-corrected chi connectivity index (χ2v) is 8.07. The van der Waals surface area contributed by atoms with Crippen LogP contribution in [0.2, 0.25) is 0 Å². The van der Waals surface area contributed by atoms with Gasteiger partial charge in [0, 0.05) is 57.6 Å². The Morgan fingerprint density at radius 1 is 0.966 bits per heavy atom. The van der Waals surface area contributed by atoms with Crippen LogP contribution in [-0.4, -0.2) is 72.4 Å². The van der Waals surface area contributed by atoms with Gasteiger partial charge in [0.05, 0.1) is 13.2 Å². The maximum absolute atomic E-state index is 5.44. The minimum atomic E-state index is 0.344. The highest BCUT2D eigenvalue weighted by Gasteiger charge is 2.25. The highest BCUT2D eigenvalue weighted by Crippen LogP contribution is 2.25. The minimum absolute atomic E-state index is 0.344. The van der Waals surface area contributed by atoms with Gasteiger partial charge < -0.3 is 19.4 Å². The number of hydrogen-bond acceptors (Lipinski definition) is 8. The van der Waals surface area contributed by atoms with Gasteiger partial charge in [-0.1, -0.05) is 13.8 Å². The second kappa shape index (κ2) is 8.90. The topological polar surface area (TPSA) is 70.5 Å². The molecule has 0 unspecified atom stereocenters. The molecule has 0 N–H and O–H groups in total. The van der Waals surface area contributed by atoms with Crippen LogP contribution in [-0.2, 0) is 4.74 Å². The number of morpholine rings is 1. The standard InChI is InChI=1S/C21H31N7O/c1-16(2)20-22-8-5-19(24-20)27-10-6-17(7-11-27)26(3)18-4-9-23-21(25-18)28-12-14-29-15-13-28/h4-5,8-9,16-17H,6-7,10-15H2,1-3H3. The molecule has 2 aliphatic rings. The lowest BCUT2D eigenvalue weighted by atomic mass is 10.0. The predicted octanol–water partition coefficient (Wildman–Crippen LogP) is 2.33. The summed E-state index contributed by atoms with van der Waals surface area (Å²) in [4.78, 5) is 25.3. The van der Waals surface area contributed by atoms with Crippen LogP contribution in [0.5, 0.6) is 0 Å². The molecule has 4 heterocycles. The summed E-state index contributed by atoms with van der Waals surface area (Å²) in [5.41, 5.74) is 0. The van der Waals surface area contributed by atoms with E-state index in [9.17, 15) is 0 Å². The van der Waals surface area contributed by atoms with Gasteiger partial charge in [0.15, 0.2) is 0 Å². The van der Waals surface area contributed by atoms with E-state index in [1.807, 2.05) is 24.5 Å². The van der Waals surface area contributed by atoms with Gasteiger partial charge in [0.2, 0.25) is 5.95 Å². The van der Waals surface area contributed by atoms with E-state index in [1.165, 1.54) is 0 Å². The van der Waals surface area contributed by atoms with Crippen LogP contribution >= 0.6 is 0 Å². The van der Waals surface area contributed by atoms with Gasteiger partial charge in [-0.05, 0) is 25.0 Å². The first-order chi connectivity index (χ1) is 14.1. The Kier molecular flexibility index (Phi) is 6.08. The van der Waals surface area contributed by atoms with E-state index < -0.39 is 0 Å². The van der Waals surface area contributed by atoms with E-state index in [0.29, 0.717) is 12.0 Å². The molecular formula is C21H31N7O. The third-order valence-electron chi connectivity index (χ3n) is 5.80. The molecule has 2 aromatic heterocycles. The fraction of sp³-hybridized carbons (Fsp3) is 0.619. The molecule has 2 aliphatic heterocycles. The Hall–Kier alpha value is -2.48. The maximum Gasteiger partial charge on any atom is 0.227 e. The first-order valence-electron chi connectivity index (χ1n) is 10.6. The number of rotatable bonds is 5. The molecule has 0 aromatic carbocycles. The second-order valence-electron chi connectivity index (χ2n) is 8.07. The maximum atomic E-state index is 5.44. The Morgan fingerprint density at radius 3 is 2.41 bits per heavy atom. The van der Waals surface area contributed by atoms with Crippen molar-refractivity contribution in [3.63, 3.8) is 0 Å². The van der Waals surface area contributed by atoms with Gasteiger partial charge in [0.25, 0.3) is 0 Å². The fourth-order valence-electron chi connectivity index (χ4n) is 3.94. The van der Waals surface area contributed by atoms with Crippen molar-refractivity contribution in [1.29, 1.82) is 0 Å². The van der Waals surface area contributed by atoms with Crippen molar-refractivity contribution >= 4 is 17.6 Å². The summed E-state index contributed by atoms with van der Waals surface area (Å²) in [6, 6.07) is 4.50. The van der Waals surface area contributed by atoms with Gasteiger partial charge in [-0.25, -0.2) is 15.0 Å². The zero-order chi connectivity index (χ0) is 20.2. The number of hydrogen-bond donors (Lipinski definition) is 0. The molecule has 0 spiro atoms. The molecule has 0 saturated carbocycles. The smallest absolute Gasteiger partial charge is 0.227 e. The van der Waals surface area contributed by atoms with E-state index >= 15 is 0 Å². The summed E-state index contributed by atoms with van der Waals surface area (Å²) >= 11 is 0. The van der Waals surface area contributed by atoms with Crippen molar-refractivity contribution in [1.82, 2.24) is 19.9 Å². The van der Waals surface area contributed by atoms with E-state index in [2.05, 4.69) is 45.6 Å². The molecule has 0 atom stereocenters. The molecule has 29 heavy (non-hydrogen) atoms. The van der Waals surface area contributed by atoms with Gasteiger partial charge in [-0.3, -0.25) is 0 Å². The lowest BCUT2D eigenvalue weighted by molar-refractivity contribution is 0.122. The summed E-state index contributed by atoms with van der Waals surface area (Å²) in [6.07, 6.45) is 5.90. The van der Waals surface area contributed by atoms with E-state index in [-0.39, 0.29) is 0 Å². The van der Waals surface area contributed by atoms with Crippen molar-refractivity contribution in [2.45, 2.75) is 38.6 Å². The van der Waals surface area contributed by atoms with Crippen molar-refractivity contribution in [3.05, 3.63) is 30.4 Å². The summed E-state index contributed by atoms with van der Waals surface area (Å²) in [6.45, 7) is 9.43. The first-order valence-corrected chi connectivity index (χ1v) is 10.6. The number of ether oxygens (including phenoxy) is 1. The Bertz CT molecular complexity index is 801. The van der Waals surface area contributed by atoms with Gasteiger partial charge in [-0.15, -0.1) is 0 Å². The first kappa shape index (κ1) is 19.8. The number of anilines is 3. The predicted molar refractivity (Wildman–Crippen MR) is 115 cm³/mol. The third kappa shape index (κ3) is 4.58. The van der Waals surface area contributed by atoms with Crippen LogP contribution in [0.3, 0.4) is 0 Å². The number of piperidine rings is 1. The monoisotopic (exact) mass is 397 g/mol. The summed E-state index contributed by atoms with van der Waals surface area (Å²) in [5.74, 6) is 4.10.